The lowest BCUT2D eigenvalue weighted by Crippen LogP contribution is -2.13. The summed E-state index contributed by atoms with van der Waals surface area (Å²) >= 11 is 1.17. The Balaban J connectivity index is 2.45. The SMILES string of the molecule is COC(=O)CC(=O)CC(=O)c1nccs1. The lowest BCUT2D eigenvalue weighted by molar-refractivity contribution is -0.143. The second-order valence-electron chi connectivity index (χ2n) is 2.73. The van der Waals surface area contributed by atoms with E-state index in [1.807, 2.05) is 0 Å². The highest BCUT2D eigenvalue weighted by atomic mass is 32.1. The Labute approximate surface area is 90.1 Å². The van der Waals surface area contributed by atoms with E-state index in [0.29, 0.717) is 0 Å². The zero-order valence-electron chi connectivity index (χ0n) is 8.06. The van der Waals surface area contributed by atoms with E-state index in [9.17, 15) is 14.4 Å². The van der Waals surface area contributed by atoms with Crippen LogP contribution in [0, 0.1) is 0 Å². The van der Waals surface area contributed by atoms with E-state index in [0.717, 1.165) is 0 Å². The number of rotatable bonds is 5. The molecule has 0 spiro atoms. The number of hydrogen-bond acceptors (Lipinski definition) is 6. The van der Waals surface area contributed by atoms with Crippen molar-refractivity contribution in [3.63, 3.8) is 0 Å². The highest BCUT2D eigenvalue weighted by Crippen LogP contribution is 2.08. The van der Waals surface area contributed by atoms with Gasteiger partial charge in [-0.15, -0.1) is 11.3 Å². The van der Waals surface area contributed by atoms with Crippen LogP contribution in [0.1, 0.15) is 22.6 Å². The van der Waals surface area contributed by atoms with E-state index < -0.39 is 11.8 Å². The van der Waals surface area contributed by atoms with Crippen LogP contribution in [0.15, 0.2) is 11.6 Å². The number of methoxy groups -OCH3 is 1. The number of carbonyl (C=O) groups is 3. The molecule has 0 radical (unpaired) electrons. The minimum atomic E-state index is -0.632. The Kier molecular flexibility index (Phi) is 4.11. The van der Waals surface area contributed by atoms with Crippen LogP contribution in [-0.4, -0.2) is 29.6 Å². The Morgan fingerprint density at radius 1 is 1.40 bits per heavy atom. The molecule has 0 aliphatic carbocycles. The number of Topliss-reactive ketones (excluding diaryl/α,β-unsaturated/α-hetero) is 2. The molecule has 0 aliphatic heterocycles. The highest BCUT2D eigenvalue weighted by molar-refractivity contribution is 7.11. The molecular weight excluding hydrogens is 218 g/mol. The number of esters is 1. The highest BCUT2D eigenvalue weighted by Gasteiger charge is 2.16. The van der Waals surface area contributed by atoms with Crippen molar-refractivity contribution in [1.29, 1.82) is 0 Å². The maximum atomic E-state index is 11.4. The smallest absolute Gasteiger partial charge is 0.313 e. The summed E-state index contributed by atoms with van der Waals surface area (Å²) in [5.41, 5.74) is 0. The van der Waals surface area contributed by atoms with Gasteiger partial charge in [0, 0.05) is 11.6 Å². The van der Waals surface area contributed by atoms with Crippen molar-refractivity contribution in [2.24, 2.45) is 0 Å². The van der Waals surface area contributed by atoms with E-state index in [1.54, 1.807) is 5.38 Å². The van der Waals surface area contributed by atoms with Crippen molar-refractivity contribution < 1.29 is 19.1 Å². The van der Waals surface area contributed by atoms with Crippen LogP contribution in [0.2, 0.25) is 0 Å². The maximum Gasteiger partial charge on any atom is 0.313 e. The normalized spacial score (nSPS) is 9.67. The molecule has 0 aliphatic rings. The van der Waals surface area contributed by atoms with Gasteiger partial charge in [0.1, 0.15) is 6.42 Å². The Morgan fingerprint density at radius 3 is 2.67 bits per heavy atom. The van der Waals surface area contributed by atoms with Gasteiger partial charge in [0.25, 0.3) is 0 Å². The lowest BCUT2D eigenvalue weighted by atomic mass is 10.1. The molecule has 0 saturated heterocycles. The van der Waals surface area contributed by atoms with Gasteiger partial charge in [0.05, 0.1) is 13.5 Å². The molecule has 0 saturated carbocycles. The number of nitrogens with zero attached hydrogens (tertiary/aromatic N) is 1. The van der Waals surface area contributed by atoms with Crippen LogP contribution in [-0.2, 0) is 14.3 Å². The molecule has 0 bridgehead atoms. The minimum Gasteiger partial charge on any atom is -0.469 e. The van der Waals surface area contributed by atoms with Gasteiger partial charge in [-0.3, -0.25) is 14.4 Å². The Morgan fingerprint density at radius 2 is 2.13 bits per heavy atom. The van der Waals surface area contributed by atoms with E-state index in [-0.39, 0.29) is 23.6 Å². The number of carbonyl (C=O) groups excluding carboxylic acids is 3. The Hall–Kier alpha value is -1.56. The summed E-state index contributed by atoms with van der Waals surface area (Å²) < 4.78 is 4.31. The molecule has 0 aromatic carbocycles. The number of ketones is 2. The molecule has 1 aromatic rings. The van der Waals surface area contributed by atoms with E-state index in [4.69, 9.17) is 0 Å². The zero-order valence-corrected chi connectivity index (χ0v) is 8.87. The molecule has 1 rings (SSSR count). The zero-order chi connectivity index (χ0) is 11.3. The molecule has 0 N–H and O–H groups in total. The van der Waals surface area contributed by atoms with Crippen molar-refractivity contribution >= 4 is 28.9 Å². The van der Waals surface area contributed by atoms with Gasteiger partial charge in [-0.05, 0) is 0 Å². The summed E-state index contributed by atoms with van der Waals surface area (Å²) in [6.07, 6.45) is 0.818. The molecule has 5 nitrogen and oxygen atoms in total. The number of thiazole rings is 1. The van der Waals surface area contributed by atoms with Gasteiger partial charge < -0.3 is 4.74 Å². The molecule has 1 heterocycles. The van der Waals surface area contributed by atoms with Crippen LogP contribution < -0.4 is 0 Å². The van der Waals surface area contributed by atoms with Crippen molar-refractivity contribution in [1.82, 2.24) is 4.98 Å². The third-order valence-electron chi connectivity index (χ3n) is 1.60. The fourth-order valence-corrected chi connectivity index (χ4v) is 1.49. The van der Waals surface area contributed by atoms with Crippen LogP contribution >= 0.6 is 11.3 Å². The average Bonchev–Trinajstić information content (AvgIpc) is 2.70. The average molecular weight is 227 g/mol. The summed E-state index contributed by atoms with van der Waals surface area (Å²) in [6.45, 7) is 0. The predicted molar refractivity (Wildman–Crippen MR) is 52.7 cm³/mol. The van der Waals surface area contributed by atoms with Crippen LogP contribution in [0.4, 0.5) is 0 Å². The summed E-state index contributed by atoms with van der Waals surface area (Å²) in [4.78, 5) is 37.0. The van der Waals surface area contributed by atoms with Gasteiger partial charge >= 0.3 is 5.97 Å². The Bertz CT molecular complexity index is 371. The quantitative estimate of drug-likeness (QED) is 0.423. The minimum absolute atomic E-state index is 0.285. The number of ether oxygens (including phenoxy) is 1. The van der Waals surface area contributed by atoms with Gasteiger partial charge in [0.15, 0.2) is 16.6 Å². The number of aromatic nitrogens is 1. The fraction of sp³-hybridized carbons (Fsp3) is 0.333. The first-order chi connectivity index (χ1) is 7.13. The van der Waals surface area contributed by atoms with Gasteiger partial charge in [-0.25, -0.2) is 4.98 Å². The number of hydrogen-bond donors (Lipinski definition) is 0. The molecule has 6 heteroatoms. The molecule has 0 unspecified atom stereocenters. The molecule has 1 aromatic heterocycles. The van der Waals surface area contributed by atoms with Crippen molar-refractivity contribution in [3.8, 4) is 0 Å². The predicted octanol–water partition coefficient (Wildman–Crippen LogP) is 0.848. The third kappa shape index (κ3) is 3.59. The standard InChI is InChI=1S/C9H9NO4S/c1-14-8(13)5-6(11)4-7(12)9-10-2-3-15-9/h2-3H,4-5H2,1H3. The van der Waals surface area contributed by atoms with Crippen molar-refractivity contribution in [2.45, 2.75) is 12.8 Å². The molecule has 80 valence electrons. The largest absolute Gasteiger partial charge is 0.469 e. The fourth-order valence-electron chi connectivity index (χ4n) is 0.911. The van der Waals surface area contributed by atoms with Gasteiger partial charge in [-0.1, -0.05) is 0 Å². The second kappa shape index (κ2) is 5.35. The first kappa shape index (κ1) is 11.5. The summed E-state index contributed by atoms with van der Waals surface area (Å²) in [5.74, 6) is -1.45. The summed E-state index contributed by atoms with van der Waals surface area (Å²) in [7, 11) is 1.19. The first-order valence-electron chi connectivity index (χ1n) is 4.14. The summed E-state index contributed by atoms with van der Waals surface area (Å²) in [5, 5.41) is 1.94. The molecule has 0 fully saturated rings. The van der Waals surface area contributed by atoms with Gasteiger partial charge in [0.2, 0.25) is 0 Å². The third-order valence-corrected chi connectivity index (χ3v) is 2.41. The lowest BCUT2D eigenvalue weighted by Gasteiger charge is -1.97. The van der Waals surface area contributed by atoms with E-state index in [2.05, 4.69) is 9.72 Å². The van der Waals surface area contributed by atoms with Crippen LogP contribution in [0.3, 0.4) is 0 Å². The maximum absolute atomic E-state index is 11.4. The van der Waals surface area contributed by atoms with Crippen molar-refractivity contribution in [3.05, 3.63) is 16.6 Å². The molecule has 0 atom stereocenters. The monoisotopic (exact) mass is 227 g/mol. The van der Waals surface area contributed by atoms with E-state index in [1.165, 1.54) is 24.6 Å². The summed E-state index contributed by atoms with van der Waals surface area (Å²) in [6, 6.07) is 0. The van der Waals surface area contributed by atoms with E-state index >= 15 is 0 Å². The topological polar surface area (TPSA) is 73.3 Å². The molecule has 15 heavy (non-hydrogen) atoms. The second-order valence-corrected chi connectivity index (χ2v) is 3.62. The van der Waals surface area contributed by atoms with Crippen molar-refractivity contribution in [2.75, 3.05) is 7.11 Å². The first-order valence-corrected chi connectivity index (χ1v) is 5.02. The molecule has 0 amide bonds. The van der Waals surface area contributed by atoms with Crippen LogP contribution in [0.25, 0.3) is 0 Å². The van der Waals surface area contributed by atoms with Crippen LogP contribution in [0.5, 0.6) is 0 Å². The molecular formula is C9H9NO4S. The van der Waals surface area contributed by atoms with Gasteiger partial charge in [-0.2, -0.15) is 0 Å².